The van der Waals surface area contributed by atoms with E-state index in [2.05, 4.69) is 10.1 Å². The summed E-state index contributed by atoms with van der Waals surface area (Å²) in [6.45, 7) is 4.54. The van der Waals surface area contributed by atoms with E-state index in [0.29, 0.717) is 49.8 Å². The molecule has 4 heterocycles. The molecule has 0 unspecified atom stereocenters. The van der Waals surface area contributed by atoms with E-state index in [1.807, 2.05) is 36.5 Å². The maximum atomic E-state index is 13.2. The molecule has 0 bridgehead atoms. The minimum Gasteiger partial charge on any atom is -0.368 e. The van der Waals surface area contributed by atoms with Crippen molar-refractivity contribution < 1.29 is 17.7 Å². The summed E-state index contributed by atoms with van der Waals surface area (Å²) < 4.78 is 39.3. The van der Waals surface area contributed by atoms with Crippen LogP contribution in [0, 0.1) is 13.8 Å². The van der Waals surface area contributed by atoms with Gasteiger partial charge in [-0.05, 0) is 38.7 Å². The number of aromatic nitrogens is 3. The zero-order valence-corrected chi connectivity index (χ0v) is 18.4. The number of piperidine rings is 1. The molecule has 2 aliphatic heterocycles. The van der Waals surface area contributed by atoms with Gasteiger partial charge in [0.2, 0.25) is 10.0 Å². The van der Waals surface area contributed by atoms with E-state index in [4.69, 9.17) is 14.2 Å². The van der Waals surface area contributed by atoms with Crippen LogP contribution in [0.3, 0.4) is 0 Å². The standard InChI is InChI=1S/C22H24N4O4S/c1-15-19(16(2)30-25-15)31(27,28)26-11-9-22(10-12-26)20-18(8-13-29-22)14-23-21(24-20)17-6-4-3-5-7-17/h3-7,14H,8-13H2,1-2H3. The minimum absolute atomic E-state index is 0.169. The molecule has 0 radical (unpaired) electrons. The molecule has 1 spiro atoms. The van der Waals surface area contributed by atoms with Gasteiger partial charge >= 0.3 is 0 Å². The normalized spacial score (nSPS) is 18.8. The lowest BCUT2D eigenvalue weighted by molar-refractivity contribution is -0.0925. The summed E-state index contributed by atoms with van der Waals surface area (Å²) in [7, 11) is -3.68. The second-order valence-corrected chi connectivity index (χ2v) is 9.96. The summed E-state index contributed by atoms with van der Waals surface area (Å²) in [5.41, 5.74) is 2.71. The first-order chi connectivity index (χ1) is 14.9. The number of ether oxygens (including phenoxy) is 1. The molecular weight excluding hydrogens is 416 g/mol. The molecule has 0 saturated carbocycles. The van der Waals surface area contributed by atoms with Crippen LogP contribution in [0.5, 0.6) is 0 Å². The Labute approximate surface area is 181 Å². The van der Waals surface area contributed by atoms with Gasteiger partial charge in [-0.15, -0.1) is 0 Å². The predicted molar refractivity (Wildman–Crippen MR) is 113 cm³/mol. The van der Waals surface area contributed by atoms with Gasteiger partial charge in [-0.25, -0.2) is 18.4 Å². The fourth-order valence-electron chi connectivity index (χ4n) is 4.58. The monoisotopic (exact) mass is 440 g/mol. The Bertz CT molecular complexity index is 1200. The van der Waals surface area contributed by atoms with Crippen LogP contribution in [-0.2, 0) is 26.8 Å². The summed E-state index contributed by atoms with van der Waals surface area (Å²) in [4.78, 5) is 9.62. The molecule has 5 rings (SSSR count). The highest BCUT2D eigenvalue weighted by Crippen LogP contribution is 2.42. The average molecular weight is 441 g/mol. The summed E-state index contributed by atoms with van der Waals surface area (Å²) in [5.74, 6) is 0.979. The molecule has 1 fully saturated rings. The maximum Gasteiger partial charge on any atom is 0.248 e. The van der Waals surface area contributed by atoms with Crippen LogP contribution in [0.4, 0.5) is 0 Å². The van der Waals surface area contributed by atoms with Crippen LogP contribution in [-0.4, -0.2) is 47.5 Å². The first-order valence-electron chi connectivity index (χ1n) is 10.4. The van der Waals surface area contributed by atoms with Crippen molar-refractivity contribution in [2.75, 3.05) is 19.7 Å². The first kappa shape index (κ1) is 20.3. The highest BCUT2D eigenvalue weighted by molar-refractivity contribution is 7.89. The van der Waals surface area contributed by atoms with Crippen LogP contribution < -0.4 is 0 Å². The number of benzene rings is 1. The summed E-state index contributed by atoms with van der Waals surface area (Å²) in [6, 6.07) is 9.85. The number of rotatable bonds is 3. The lowest BCUT2D eigenvalue weighted by Crippen LogP contribution is -2.49. The van der Waals surface area contributed by atoms with E-state index in [1.165, 1.54) is 4.31 Å². The fraction of sp³-hybridized carbons (Fsp3) is 0.409. The van der Waals surface area contributed by atoms with Crippen molar-refractivity contribution in [1.29, 1.82) is 0 Å². The van der Waals surface area contributed by atoms with E-state index in [1.54, 1.807) is 13.8 Å². The Morgan fingerprint density at radius 3 is 2.52 bits per heavy atom. The Morgan fingerprint density at radius 2 is 1.84 bits per heavy atom. The Balaban J connectivity index is 1.45. The van der Waals surface area contributed by atoms with Gasteiger partial charge in [0.05, 0.1) is 12.3 Å². The number of hydrogen-bond acceptors (Lipinski definition) is 7. The van der Waals surface area contributed by atoms with E-state index < -0.39 is 15.6 Å². The smallest absolute Gasteiger partial charge is 0.248 e. The molecule has 162 valence electrons. The molecule has 0 amide bonds. The van der Waals surface area contributed by atoms with E-state index in [9.17, 15) is 8.42 Å². The largest absolute Gasteiger partial charge is 0.368 e. The number of fused-ring (bicyclic) bond motifs is 2. The fourth-order valence-corrected chi connectivity index (χ4v) is 6.31. The second kappa shape index (κ2) is 7.51. The lowest BCUT2D eigenvalue weighted by atomic mass is 9.84. The topological polar surface area (TPSA) is 98.4 Å². The molecule has 2 aliphatic rings. The number of nitrogens with zero attached hydrogens (tertiary/aromatic N) is 4. The average Bonchev–Trinajstić information content (AvgIpc) is 3.13. The quantitative estimate of drug-likeness (QED) is 0.617. The summed E-state index contributed by atoms with van der Waals surface area (Å²) >= 11 is 0. The van der Waals surface area contributed by atoms with E-state index in [-0.39, 0.29) is 4.90 Å². The van der Waals surface area contributed by atoms with Gasteiger partial charge in [-0.3, -0.25) is 0 Å². The van der Waals surface area contributed by atoms with Gasteiger partial charge < -0.3 is 9.26 Å². The molecule has 0 aliphatic carbocycles. The zero-order chi connectivity index (χ0) is 21.6. The van der Waals surface area contributed by atoms with Gasteiger partial charge in [0.15, 0.2) is 11.6 Å². The maximum absolute atomic E-state index is 13.2. The molecule has 3 aromatic rings. The highest BCUT2D eigenvalue weighted by atomic mass is 32.2. The van der Waals surface area contributed by atoms with Crippen LogP contribution in [0.2, 0.25) is 0 Å². The minimum atomic E-state index is -3.68. The van der Waals surface area contributed by atoms with Crippen molar-refractivity contribution in [3.8, 4) is 11.4 Å². The Hall–Kier alpha value is -2.62. The molecule has 8 nitrogen and oxygen atoms in total. The van der Waals surface area contributed by atoms with Gasteiger partial charge in [-0.1, -0.05) is 35.5 Å². The molecule has 2 aromatic heterocycles. The third-order valence-corrected chi connectivity index (χ3v) is 8.32. The van der Waals surface area contributed by atoms with Gasteiger partial charge in [-0.2, -0.15) is 4.31 Å². The molecule has 1 saturated heterocycles. The van der Waals surface area contributed by atoms with Crippen molar-refractivity contribution in [2.45, 2.75) is 43.6 Å². The zero-order valence-electron chi connectivity index (χ0n) is 17.5. The van der Waals surface area contributed by atoms with Crippen molar-refractivity contribution in [3.05, 3.63) is 59.2 Å². The van der Waals surface area contributed by atoms with Crippen molar-refractivity contribution >= 4 is 10.0 Å². The van der Waals surface area contributed by atoms with E-state index in [0.717, 1.165) is 23.2 Å². The van der Waals surface area contributed by atoms with Gasteiger partial charge in [0, 0.05) is 24.8 Å². The molecule has 0 atom stereocenters. The molecule has 1 aromatic carbocycles. The van der Waals surface area contributed by atoms with Gasteiger partial charge in [0.25, 0.3) is 0 Å². The van der Waals surface area contributed by atoms with E-state index >= 15 is 0 Å². The summed E-state index contributed by atoms with van der Waals surface area (Å²) in [6.07, 6.45) is 3.72. The number of sulfonamides is 1. The lowest BCUT2D eigenvalue weighted by Gasteiger charge is -2.43. The Kier molecular flexibility index (Phi) is 4.91. The van der Waals surface area contributed by atoms with Crippen molar-refractivity contribution in [3.63, 3.8) is 0 Å². The molecule has 31 heavy (non-hydrogen) atoms. The Morgan fingerprint density at radius 1 is 1.10 bits per heavy atom. The second-order valence-electron chi connectivity index (χ2n) is 8.08. The SMILES string of the molecule is Cc1noc(C)c1S(=O)(=O)N1CCC2(CC1)OCCc1cnc(-c3ccccc3)nc12. The molecule has 0 N–H and O–H groups in total. The van der Waals surface area contributed by atoms with Crippen LogP contribution in [0.25, 0.3) is 11.4 Å². The number of aryl methyl sites for hydroxylation is 2. The third-order valence-electron chi connectivity index (χ3n) is 6.17. The third kappa shape index (κ3) is 3.37. The van der Waals surface area contributed by atoms with Crippen LogP contribution in [0.1, 0.15) is 35.6 Å². The van der Waals surface area contributed by atoms with Crippen molar-refractivity contribution in [2.24, 2.45) is 0 Å². The predicted octanol–water partition coefficient (Wildman–Crippen LogP) is 3.00. The highest BCUT2D eigenvalue weighted by Gasteiger charge is 2.45. The van der Waals surface area contributed by atoms with Crippen LogP contribution >= 0.6 is 0 Å². The first-order valence-corrected chi connectivity index (χ1v) is 11.8. The van der Waals surface area contributed by atoms with Crippen molar-refractivity contribution in [1.82, 2.24) is 19.4 Å². The molecule has 9 heteroatoms. The summed E-state index contributed by atoms with van der Waals surface area (Å²) in [5, 5.41) is 3.81. The number of hydrogen-bond donors (Lipinski definition) is 0. The molecular formula is C22H24N4O4S. The van der Waals surface area contributed by atoms with Gasteiger partial charge in [0.1, 0.15) is 16.2 Å². The van der Waals surface area contributed by atoms with Crippen LogP contribution in [0.15, 0.2) is 45.9 Å².